The monoisotopic (exact) mass is 262 g/mol. The van der Waals surface area contributed by atoms with E-state index in [0.717, 1.165) is 0 Å². The summed E-state index contributed by atoms with van der Waals surface area (Å²) in [5, 5.41) is 0. The van der Waals surface area contributed by atoms with Gasteiger partial charge in [0.05, 0.1) is 12.2 Å². The van der Waals surface area contributed by atoms with Gasteiger partial charge in [0, 0.05) is 25.4 Å². The Kier molecular flexibility index (Phi) is 4.43. The molecule has 104 valence electrons. The highest BCUT2D eigenvalue weighted by molar-refractivity contribution is 5.99. The number of carbonyl (C=O) groups excluding carboxylic acids is 1. The molecule has 0 aromatic heterocycles. The number of nitrogens with zero attached hydrogens (tertiary/aromatic N) is 1. The Balaban J connectivity index is 2.17. The van der Waals surface area contributed by atoms with Crippen molar-refractivity contribution in [3.8, 4) is 0 Å². The topological polar surface area (TPSA) is 55.6 Å². The molecule has 1 unspecified atom stereocenters. The average molecular weight is 262 g/mol. The molecule has 0 heterocycles. The van der Waals surface area contributed by atoms with Gasteiger partial charge in [-0.05, 0) is 37.8 Å². The Labute approximate surface area is 114 Å². The number of hydrogen-bond acceptors (Lipinski definition) is 3. The van der Waals surface area contributed by atoms with Gasteiger partial charge in [0.1, 0.15) is 0 Å². The molecule has 0 radical (unpaired) electrons. The molecule has 19 heavy (non-hydrogen) atoms. The number of ether oxygens (including phenoxy) is 1. The molecule has 0 aliphatic heterocycles. The van der Waals surface area contributed by atoms with Crippen LogP contribution in [0.5, 0.6) is 0 Å². The van der Waals surface area contributed by atoms with Gasteiger partial charge in [0.25, 0.3) is 5.91 Å². The molecule has 0 spiro atoms. The van der Waals surface area contributed by atoms with E-state index in [-0.39, 0.29) is 11.9 Å². The molecule has 1 saturated carbocycles. The van der Waals surface area contributed by atoms with Gasteiger partial charge in [-0.15, -0.1) is 0 Å². The highest BCUT2D eigenvalue weighted by atomic mass is 16.5. The average Bonchev–Trinajstić information content (AvgIpc) is 3.23. The van der Waals surface area contributed by atoms with Gasteiger partial charge in [-0.3, -0.25) is 4.79 Å². The summed E-state index contributed by atoms with van der Waals surface area (Å²) in [7, 11) is 1.65. The van der Waals surface area contributed by atoms with Crippen molar-refractivity contribution in [2.45, 2.75) is 25.8 Å². The summed E-state index contributed by atoms with van der Waals surface area (Å²) in [6, 6.07) is 7.50. The molecule has 4 heteroatoms. The van der Waals surface area contributed by atoms with Gasteiger partial charge in [0.15, 0.2) is 0 Å². The molecule has 1 aliphatic rings. The fourth-order valence-electron chi connectivity index (χ4n) is 2.36. The van der Waals surface area contributed by atoms with Crippen molar-refractivity contribution in [2.24, 2.45) is 5.92 Å². The molecule has 1 atom stereocenters. The van der Waals surface area contributed by atoms with Crippen molar-refractivity contribution in [2.75, 3.05) is 26.0 Å². The summed E-state index contributed by atoms with van der Waals surface area (Å²) in [5.74, 6) is 0.639. The number of nitrogens with two attached hydrogens (primary N) is 1. The maximum absolute atomic E-state index is 12.6. The van der Waals surface area contributed by atoms with Crippen LogP contribution in [0.25, 0.3) is 0 Å². The highest BCUT2D eigenvalue weighted by Crippen LogP contribution is 2.35. The quantitative estimate of drug-likeness (QED) is 0.799. The highest BCUT2D eigenvalue weighted by Gasteiger charge is 2.34. The van der Waals surface area contributed by atoms with E-state index in [1.54, 1.807) is 19.2 Å². The van der Waals surface area contributed by atoms with E-state index < -0.39 is 0 Å². The van der Waals surface area contributed by atoms with E-state index in [4.69, 9.17) is 10.5 Å². The summed E-state index contributed by atoms with van der Waals surface area (Å²) in [6.07, 6.45) is 2.42. The third-order valence-electron chi connectivity index (χ3n) is 3.78. The van der Waals surface area contributed by atoms with E-state index >= 15 is 0 Å². The maximum Gasteiger partial charge on any atom is 0.256 e. The number of para-hydroxylation sites is 1. The van der Waals surface area contributed by atoms with Gasteiger partial charge in [-0.1, -0.05) is 12.1 Å². The summed E-state index contributed by atoms with van der Waals surface area (Å²) in [5.41, 5.74) is 7.03. The van der Waals surface area contributed by atoms with E-state index in [1.807, 2.05) is 17.0 Å². The molecule has 1 amide bonds. The van der Waals surface area contributed by atoms with Crippen LogP contribution in [0.3, 0.4) is 0 Å². The van der Waals surface area contributed by atoms with E-state index in [0.29, 0.717) is 30.3 Å². The normalized spacial score (nSPS) is 16.1. The number of amides is 1. The van der Waals surface area contributed by atoms with Crippen LogP contribution in [0.15, 0.2) is 24.3 Å². The lowest BCUT2D eigenvalue weighted by Crippen LogP contribution is -2.42. The fourth-order valence-corrected chi connectivity index (χ4v) is 2.36. The molecule has 1 fully saturated rings. The van der Waals surface area contributed by atoms with Gasteiger partial charge in [-0.25, -0.2) is 0 Å². The Hall–Kier alpha value is -1.55. The molecular formula is C15H22N2O2. The maximum atomic E-state index is 12.6. The zero-order chi connectivity index (χ0) is 13.8. The van der Waals surface area contributed by atoms with Crippen LogP contribution in [-0.4, -0.2) is 37.1 Å². The predicted octanol–water partition coefficient (Wildman–Crippen LogP) is 2.16. The predicted molar refractivity (Wildman–Crippen MR) is 76.0 cm³/mol. The van der Waals surface area contributed by atoms with Gasteiger partial charge in [0.2, 0.25) is 0 Å². The minimum absolute atomic E-state index is 0.00884. The first-order valence-electron chi connectivity index (χ1n) is 6.79. The van der Waals surface area contributed by atoms with Gasteiger partial charge in [-0.2, -0.15) is 0 Å². The number of anilines is 1. The molecule has 0 saturated heterocycles. The van der Waals surface area contributed by atoms with E-state index in [2.05, 4.69) is 6.92 Å². The molecular weight excluding hydrogens is 240 g/mol. The summed E-state index contributed by atoms with van der Waals surface area (Å²) < 4.78 is 5.11. The van der Waals surface area contributed by atoms with Gasteiger partial charge >= 0.3 is 0 Å². The lowest BCUT2D eigenvalue weighted by molar-refractivity contribution is 0.0595. The van der Waals surface area contributed by atoms with Crippen LogP contribution in [0.2, 0.25) is 0 Å². The minimum atomic E-state index is 0.00884. The molecule has 2 N–H and O–H groups in total. The molecule has 1 aromatic rings. The molecule has 1 aromatic carbocycles. The lowest BCUT2D eigenvalue weighted by atomic mass is 10.1. The number of methoxy groups -OCH3 is 1. The van der Waals surface area contributed by atoms with Crippen LogP contribution in [-0.2, 0) is 4.74 Å². The minimum Gasteiger partial charge on any atom is -0.398 e. The fraction of sp³-hybridized carbons (Fsp3) is 0.533. The second-order valence-corrected chi connectivity index (χ2v) is 5.16. The van der Waals surface area contributed by atoms with Crippen LogP contribution in [0.4, 0.5) is 5.69 Å². The summed E-state index contributed by atoms with van der Waals surface area (Å²) in [6.45, 7) is 3.28. The van der Waals surface area contributed by atoms with Crippen molar-refractivity contribution in [3.05, 3.63) is 29.8 Å². The molecule has 0 bridgehead atoms. The van der Waals surface area contributed by atoms with Crippen LogP contribution in [0, 0.1) is 5.92 Å². The van der Waals surface area contributed by atoms with Crippen LogP contribution >= 0.6 is 0 Å². The molecule has 4 nitrogen and oxygen atoms in total. The van der Waals surface area contributed by atoms with E-state index in [9.17, 15) is 4.79 Å². The smallest absolute Gasteiger partial charge is 0.256 e. The van der Waals surface area contributed by atoms with Crippen molar-refractivity contribution in [1.29, 1.82) is 0 Å². The number of hydrogen-bond donors (Lipinski definition) is 1. The molecule has 2 rings (SSSR count). The first kappa shape index (κ1) is 13.9. The summed E-state index contributed by atoms with van der Waals surface area (Å²) in [4.78, 5) is 14.5. The largest absolute Gasteiger partial charge is 0.398 e. The third kappa shape index (κ3) is 3.26. The first-order valence-corrected chi connectivity index (χ1v) is 6.79. The Morgan fingerprint density at radius 2 is 2.16 bits per heavy atom. The number of nitrogen functional groups attached to an aromatic ring is 1. The number of carbonyl (C=O) groups is 1. The standard InChI is InChI=1S/C15H22N2O2/c1-11(12-7-8-12)17(9-10-19-2)15(18)13-5-3-4-6-14(13)16/h3-6,11-12H,7-10,16H2,1-2H3. The Bertz CT molecular complexity index is 444. The zero-order valence-electron chi connectivity index (χ0n) is 11.6. The first-order chi connectivity index (χ1) is 9.15. The second kappa shape index (κ2) is 6.06. The zero-order valence-corrected chi connectivity index (χ0v) is 11.6. The van der Waals surface area contributed by atoms with Crippen LogP contribution in [0.1, 0.15) is 30.1 Å². The Morgan fingerprint density at radius 3 is 2.74 bits per heavy atom. The third-order valence-corrected chi connectivity index (χ3v) is 3.78. The SMILES string of the molecule is COCCN(C(=O)c1ccccc1N)C(C)C1CC1. The Morgan fingerprint density at radius 1 is 1.47 bits per heavy atom. The molecule has 1 aliphatic carbocycles. The van der Waals surface area contributed by atoms with Crippen LogP contribution < -0.4 is 5.73 Å². The van der Waals surface area contributed by atoms with Crippen molar-refractivity contribution in [1.82, 2.24) is 4.90 Å². The second-order valence-electron chi connectivity index (χ2n) is 5.16. The van der Waals surface area contributed by atoms with Crippen molar-refractivity contribution >= 4 is 11.6 Å². The number of benzene rings is 1. The van der Waals surface area contributed by atoms with Gasteiger partial charge < -0.3 is 15.4 Å². The van der Waals surface area contributed by atoms with Crippen molar-refractivity contribution in [3.63, 3.8) is 0 Å². The van der Waals surface area contributed by atoms with E-state index in [1.165, 1.54) is 12.8 Å². The lowest BCUT2D eigenvalue weighted by Gasteiger charge is -2.29. The van der Waals surface area contributed by atoms with Crippen molar-refractivity contribution < 1.29 is 9.53 Å². The number of rotatable bonds is 6. The summed E-state index contributed by atoms with van der Waals surface area (Å²) >= 11 is 0.